The molecule has 208 valence electrons. The van der Waals surface area contributed by atoms with Gasteiger partial charge in [0.1, 0.15) is 23.9 Å². The Morgan fingerprint density at radius 1 is 0.318 bits per heavy atom. The van der Waals surface area contributed by atoms with Crippen LogP contribution < -0.4 is 0 Å². The summed E-state index contributed by atoms with van der Waals surface area (Å²) in [7, 11) is 0. The van der Waals surface area contributed by atoms with Gasteiger partial charge in [-0.05, 0) is 55.3 Å². The first-order chi connectivity index (χ1) is 21.8. The summed E-state index contributed by atoms with van der Waals surface area (Å²) in [6.45, 7) is 0. The predicted molar refractivity (Wildman–Crippen MR) is 177 cm³/mol. The molecule has 0 fully saturated rings. The maximum atomic E-state index is 5.25. The SMILES string of the molecule is c1ccc(-c2c(-c3ccccc3)c(-c3ccc(-c4cocn4)cc3)c3ccccc3c2-c2ccc(-c3cocn3)cc2)cc1. The van der Waals surface area contributed by atoms with Crippen LogP contribution >= 0.6 is 0 Å². The molecule has 0 unspecified atom stereocenters. The highest BCUT2D eigenvalue weighted by molar-refractivity contribution is 6.18. The van der Waals surface area contributed by atoms with Gasteiger partial charge in [-0.2, -0.15) is 0 Å². The first-order valence-corrected chi connectivity index (χ1v) is 14.5. The molecule has 0 atom stereocenters. The van der Waals surface area contributed by atoms with Crippen LogP contribution in [0, 0.1) is 0 Å². The Labute approximate surface area is 254 Å². The summed E-state index contributed by atoms with van der Waals surface area (Å²) in [5, 5.41) is 2.38. The van der Waals surface area contributed by atoms with Gasteiger partial charge < -0.3 is 8.83 Å². The summed E-state index contributed by atoms with van der Waals surface area (Å²) < 4.78 is 10.5. The van der Waals surface area contributed by atoms with E-state index in [1.54, 1.807) is 12.5 Å². The summed E-state index contributed by atoms with van der Waals surface area (Å²) in [5.41, 5.74) is 13.0. The van der Waals surface area contributed by atoms with Crippen LogP contribution in [-0.2, 0) is 0 Å². The lowest BCUT2D eigenvalue weighted by Crippen LogP contribution is -1.97. The van der Waals surface area contributed by atoms with Crippen molar-refractivity contribution in [3.05, 3.63) is 159 Å². The number of hydrogen-bond donors (Lipinski definition) is 0. The van der Waals surface area contributed by atoms with Crippen molar-refractivity contribution < 1.29 is 8.83 Å². The van der Waals surface area contributed by atoms with Crippen molar-refractivity contribution in [1.82, 2.24) is 9.97 Å². The van der Waals surface area contributed by atoms with Crippen molar-refractivity contribution in [1.29, 1.82) is 0 Å². The molecule has 0 N–H and O–H groups in total. The lowest BCUT2D eigenvalue weighted by molar-refractivity contribution is 0.558. The van der Waals surface area contributed by atoms with Gasteiger partial charge in [-0.1, -0.05) is 133 Å². The summed E-state index contributed by atoms with van der Waals surface area (Å²) in [6, 6.07) is 47.4. The second-order valence-electron chi connectivity index (χ2n) is 10.7. The molecule has 8 aromatic rings. The van der Waals surface area contributed by atoms with E-state index in [9.17, 15) is 0 Å². The smallest absolute Gasteiger partial charge is 0.181 e. The number of aromatic nitrogens is 2. The predicted octanol–water partition coefficient (Wildman–Crippen LogP) is 10.8. The Bertz CT molecular complexity index is 2010. The van der Waals surface area contributed by atoms with Crippen LogP contribution in [-0.4, -0.2) is 9.97 Å². The second kappa shape index (κ2) is 11.0. The van der Waals surface area contributed by atoms with E-state index in [1.807, 2.05) is 0 Å². The Balaban J connectivity index is 1.47. The third kappa shape index (κ3) is 4.50. The Morgan fingerprint density at radius 3 is 1.02 bits per heavy atom. The van der Waals surface area contributed by atoms with Gasteiger partial charge in [0.05, 0.1) is 0 Å². The van der Waals surface area contributed by atoms with Crippen LogP contribution in [0.15, 0.2) is 168 Å². The average Bonchev–Trinajstić information content (AvgIpc) is 3.84. The van der Waals surface area contributed by atoms with Gasteiger partial charge in [0.2, 0.25) is 0 Å². The van der Waals surface area contributed by atoms with Crippen LogP contribution in [0.3, 0.4) is 0 Å². The number of oxazole rings is 2. The fourth-order valence-electron chi connectivity index (χ4n) is 6.15. The number of fused-ring (bicyclic) bond motifs is 1. The fourth-order valence-corrected chi connectivity index (χ4v) is 6.15. The maximum Gasteiger partial charge on any atom is 0.181 e. The van der Waals surface area contributed by atoms with Gasteiger partial charge in [-0.3, -0.25) is 0 Å². The van der Waals surface area contributed by atoms with E-state index >= 15 is 0 Å². The van der Waals surface area contributed by atoms with Gasteiger partial charge in [0.25, 0.3) is 0 Å². The minimum absolute atomic E-state index is 0.819. The van der Waals surface area contributed by atoms with Gasteiger partial charge in [-0.25, -0.2) is 9.97 Å². The van der Waals surface area contributed by atoms with Crippen LogP contribution in [0.2, 0.25) is 0 Å². The van der Waals surface area contributed by atoms with E-state index in [2.05, 4.69) is 143 Å². The standard InChI is InChI=1S/C40H26N2O2/c1-3-9-29(10-4-1)39-37(31-19-15-27(16-20-31)35-23-43-25-41-35)33-13-7-8-14-34(33)38(40(39)30-11-5-2-6-12-30)32-21-17-28(18-22-32)36-24-44-26-42-36/h1-26H. The van der Waals surface area contributed by atoms with E-state index < -0.39 is 0 Å². The molecule has 0 saturated carbocycles. The Morgan fingerprint density at radius 2 is 0.659 bits per heavy atom. The first kappa shape index (κ1) is 25.7. The van der Waals surface area contributed by atoms with Crippen LogP contribution in [0.1, 0.15) is 0 Å². The molecular formula is C40H26N2O2. The number of hydrogen-bond acceptors (Lipinski definition) is 4. The van der Waals surface area contributed by atoms with E-state index in [4.69, 9.17) is 8.83 Å². The Hall–Kier alpha value is -6.00. The molecule has 2 aromatic heterocycles. The largest absolute Gasteiger partial charge is 0.451 e. The van der Waals surface area contributed by atoms with Crippen LogP contribution in [0.5, 0.6) is 0 Å². The van der Waals surface area contributed by atoms with Crippen molar-refractivity contribution in [3.8, 4) is 67.0 Å². The quantitative estimate of drug-likeness (QED) is 0.201. The highest BCUT2D eigenvalue weighted by Gasteiger charge is 2.24. The van der Waals surface area contributed by atoms with Crippen LogP contribution in [0.4, 0.5) is 0 Å². The second-order valence-corrected chi connectivity index (χ2v) is 10.7. The molecule has 0 saturated heterocycles. The van der Waals surface area contributed by atoms with Crippen molar-refractivity contribution in [2.75, 3.05) is 0 Å². The summed E-state index contributed by atoms with van der Waals surface area (Å²) in [6.07, 6.45) is 6.28. The maximum absolute atomic E-state index is 5.25. The van der Waals surface area contributed by atoms with Gasteiger partial charge in [0, 0.05) is 11.1 Å². The molecule has 0 bridgehead atoms. The summed E-state index contributed by atoms with van der Waals surface area (Å²) >= 11 is 0. The highest BCUT2D eigenvalue weighted by atomic mass is 16.3. The monoisotopic (exact) mass is 566 g/mol. The molecule has 44 heavy (non-hydrogen) atoms. The molecule has 8 rings (SSSR count). The molecular weight excluding hydrogens is 540 g/mol. The fraction of sp³-hybridized carbons (Fsp3) is 0. The molecule has 6 aromatic carbocycles. The van der Waals surface area contributed by atoms with Crippen molar-refractivity contribution in [3.63, 3.8) is 0 Å². The average molecular weight is 567 g/mol. The number of nitrogens with zero attached hydrogens (tertiary/aromatic N) is 2. The zero-order valence-corrected chi connectivity index (χ0v) is 23.7. The Kier molecular flexibility index (Phi) is 6.43. The van der Waals surface area contributed by atoms with Crippen molar-refractivity contribution >= 4 is 10.8 Å². The van der Waals surface area contributed by atoms with E-state index in [0.717, 1.165) is 44.8 Å². The molecule has 0 radical (unpaired) electrons. The summed E-state index contributed by atoms with van der Waals surface area (Å²) in [4.78, 5) is 8.70. The van der Waals surface area contributed by atoms with Crippen LogP contribution in [0.25, 0.3) is 77.8 Å². The third-order valence-electron chi connectivity index (χ3n) is 8.14. The van der Waals surface area contributed by atoms with Gasteiger partial charge >= 0.3 is 0 Å². The van der Waals surface area contributed by atoms with Gasteiger partial charge in [0.15, 0.2) is 12.8 Å². The first-order valence-electron chi connectivity index (χ1n) is 14.5. The topological polar surface area (TPSA) is 52.1 Å². The van der Waals surface area contributed by atoms with Gasteiger partial charge in [-0.15, -0.1) is 0 Å². The molecule has 0 aliphatic carbocycles. The lowest BCUT2D eigenvalue weighted by atomic mass is 9.79. The van der Waals surface area contributed by atoms with Crippen molar-refractivity contribution in [2.45, 2.75) is 0 Å². The van der Waals surface area contributed by atoms with Crippen molar-refractivity contribution in [2.24, 2.45) is 0 Å². The molecule has 0 amide bonds. The molecule has 0 aliphatic heterocycles. The molecule has 0 spiro atoms. The third-order valence-corrected chi connectivity index (χ3v) is 8.14. The van der Waals surface area contributed by atoms with E-state index in [1.165, 1.54) is 45.8 Å². The minimum Gasteiger partial charge on any atom is -0.451 e. The zero-order chi connectivity index (χ0) is 29.3. The number of benzene rings is 6. The molecule has 4 nitrogen and oxygen atoms in total. The van der Waals surface area contributed by atoms with E-state index in [-0.39, 0.29) is 0 Å². The lowest BCUT2D eigenvalue weighted by Gasteiger charge is -2.24. The minimum atomic E-state index is 0.819. The highest BCUT2D eigenvalue weighted by Crippen LogP contribution is 2.51. The number of rotatable bonds is 6. The zero-order valence-electron chi connectivity index (χ0n) is 23.7. The summed E-state index contributed by atoms with van der Waals surface area (Å²) in [5.74, 6) is 0. The normalized spacial score (nSPS) is 11.2. The molecule has 2 heterocycles. The molecule has 4 heteroatoms. The van der Waals surface area contributed by atoms with E-state index in [0.29, 0.717) is 0 Å². The molecule has 0 aliphatic rings.